The molecule has 1 aromatic carbocycles. The number of rotatable bonds is 3. The van der Waals surface area contributed by atoms with E-state index >= 15 is 0 Å². The Kier molecular flexibility index (Phi) is 3.72. The maximum atomic E-state index is 9.55. The van der Waals surface area contributed by atoms with Crippen LogP contribution in [0.25, 0.3) is 11.4 Å². The Morgan fingerprint density at radius 3 is 2.39 bits per heavy atom. The van der Waals surface area contributed by atoms with Crippen LogP contribution in [0, 0.1) is 6.92 Å². The van der Waals surface area contributed by atoms with Crippen molar-refractivity contribution in [2.45, 2.75) is 33.3 Å². The van der Waals surface area contributed by atoms with E-state index < -0.39 is 6.10 Å². The van der Waals surface area contributed by atoms with E-state index in [2.05, 4.69) is 29.0 Å². The highest BCUT2D eigenvalue weighted by atomic mass is 16.3. The highest BCUT2D eigenvalue weighted by Gasteiger charge is 2.09. The van der Waals surface area contributed by atoms with Gasteiger partial charge in [0.25, 0.3) is 0 Å². The van der Waals surface area contributed by atoms with Crippen molar-refractivity contribution < 1.29 is 5.11 Å². The van der Waals surface area contributed by atoms with Crippen molar-refractivity contribution in [3.63, 3.8) is 0 Å². The lowest BCUT2D eigenvalue weighted by Crippen LogP contribution is -2.01. The summed E-state index contributed by atoms with van der Waals surface area (Å²) >= 11 is 0. The van der Waals surface area contributed by atoms with E-state index in [0.717, 1.165) is 23.2 Å². The Morgan fingerprint density at radius 2 is 1.89 bits per heavy atom. The molecular formula is C15H18N2O. The standard InChI is InChI=1S/C15H18N2O/c1-4-12-5-7-13(8-6-12)15-16-9-14(11(3)18)10(2)17-15/h5-9,11,18H,4H2,1-3H3/t11-/m0/s1. The molecule has 0 unspecified atom stereocenters. The van der Waals surface area contributed by atoms with Gasteiger partial charge in [0.05, 0.1) is 6.10 Å². The van der Waals surface area contributed by atoms with Crippen LogP contribution < -0.4 is 0 Å². The van der Waals surface area contributed by atoms with Gasteiger partial charge in [0, 0.05) is 23.0 Å². The minimum atomic E-state index is -0.526. The quantitative estimate of drug-likeness (QED) is 0.899. The van der Waals surface area contributed by atoms with Crippen molar-refractivity contribution >= 4 is 0 Å². The number of aliphatic hydroxyl groups is 1. The molecule has 2 aromatic rings. The zero-order chi connectivity index (χ0) is 13.1. The summed E-state index contributed by atoms with van der Waals surface area (Å²) in [5, 5.41) is 9.55. The molecular weight excluding hydrogens is 224 g/mol. The van der Waals surface area contributed by atoms with E-state index in [0.29, 0.717) is 5.82 Å². The minimum absolute atomic E-state index is 0.526. The highest BCUT2D eigenvalue weighted by Crippen LogP contribution is 2.20. The molecule has 0 saturated heterocycles. The van der Waals surface area contributed by atoms with Crippen LogP contribution in [0.3, 0.4) is 0 Å². The monoisotopic (exact) mass is 242 g/mol. The smallest absolute Gasteiger partial charge is 0.159 e. The predicted octanol–water partition coefficient (Wildman–Crippen LogP) is 3.07. The zero-order valence-corrected chi connectivity index (χ0v) is 11.0. The summed E-state index contributed by atoms with van der Waals surface area (Å²) in [6, 6.07) is 8.26. The molecule has 0 fully saturated rings. The van der Waals surface area contributed by atoms with Gasteiger partial charge in [0.1, 0.15) is 0 Å². The fourth-order valence-corrected chi connectivity index (χ4v) is 1.92. The second-order valence-corrected chi connectivity index (χ2v) is 4.46. The maximum Gasteiger partial charge on any atom is 0.159 e. The van der Waals surface area contributed by atoms with E-state index in [4.69, 9.17) is 0 Å². The van der Waals surface area contributed by atoms with Crippen molar-refractivity contribution in [1.82, 2.24) is 9.97 Å². The second kappa shape index (κ2) is 5.27. The van der Waals surface area contributed by atoms with Crippen LogP contribution in [0.15, 0.2) is 30.5 Å². The molecule has 3 heteroatoms. The molecule has 0 aliphatic heterocycles. The van der Waals surface area contributed by atoms with Gasteiger partial charge in [-0.25, -0.2) is 9.97 Å². The number of aromatic nitrogens is 2. The Balaban J connectivity index is 2.36. The number of nitrogens with zero attached hydrogens (tertiary/aromatic N) is 2. The molecule has 1 N–H and O–H groups in total. The van der Waals surface area contributed by atoms with Crippen molar-refractivity contribution in [1.29, 1.82) is 0 Å². The van der Waals surface area contributed by atoms with Crippen LogP contribution in [0.4, 0.5) is 0 Å². The van der Waals surface area contributed by atoms with Gasteiger partial charge >= 0.3 is 0 Å². The lowest BCUT2D eigenvalue weighted by atomic mass is 10.1. The molecule has 94 valence electrons. The molecule has 3 nitrogen and oxygen atoms in total. The van der Waals surface area contributed by atoms with Crippen LogP contribution in [-0.4, -0.2) is 15.1 Å². The number of aliphatic hydroxyl groups excluding tert-OH is 1. The first-order valence-corrected chi connectivity index (χ1v) is 6.22. The fraction of sp³-hybridized carbons (Fsp3) is 0.333. The third-order valence-corrected chi connectivity index (χ3v) is 3.09. The zero-order valence-electron chi connectivity index (χ0n) is 11.0. The molecule has 1 heterocycles. The summed E-state index contributed by atoms with van der Waals surface area (Å²) in [6.07, 6.45) is 2.21. The summed E-state index contributed by atoms with van der Waals surface area (Å²) in [5.74, 6) is 0.708. The maximum absolute atomic E-state index is 9.55. The molecule has 0 aliphatic rings. The van der Waals surface area contributed by atoms with Crippen LogP contribution in [0.5, 0.6) is 0 Å². The lowest BCUT2D eigenvalue weighted by molar-refractivity contribution is 0.197. The van der Waals surface area contributed by atoms with Gasteiger partial charge in [0.2, 0.25) is 0 Å². The van der Waals surface area contributed by atoms with E-state index in [1.165, 1.54) is 5.56 Å². The Labute approximate surface area is 108 Å². The van der Waals surface area contributed by atoms with Gasteiger partial charge in [-0.1, -0.05) is 31.2 Å². The summed E-state index contributed by atoms with van der Waals surface area (Å²) in [4.78, 5) is 8.76. The summed E-state index contributed by atoms with van der Waals surface area (Å²) in [5.41, 5.74) is 3.92. The molecule has 2 rings (SSSR count). The minimum Gasteiger partial charge on any atom is -0.389 e. The summed E-state index contributed by atoms with van der Waals surface area (Å²) in [6.45, 7) is 5.75. The van der Waals surface area contributed by atoms with Gasteiger partial charge in [0.15, 0.2) is 5.82 Å². The Bertz CT molecular complexity index is 533. The van der Waals surface area contributed by atoms with Gasteiger partial charge in [-0.05, 0) is 25.8 Å². The molecule has 1 aromatic heterocycles. The average molecular weight is 242 g/mol. The van der Waals surface area contributed by atoms with Gasteiger partial charge in [-0.15, -0.1) is 0 Å². The van der Waals surface area contributed by atoms with Crippen molar-refractivity contribution in [2.24, 2.45) is 0 Å². The average Bonchev–Trinajstić information content (AvgIpc) is 2.38. The van der Waals surface area contributed by atoms with Crippen LogP contribution in [-0.2, 0) is 6.42 Å². The molecule has 0 saturated carbocycles. The first-order chi connectivity index (χ1) is 8.61. The summed E-state index contributed by atoms with van der Waals surface area (Å²) < 4.78 is 0. The van der Waals surface area contributed by atoms with E-state index in [1.807, 2.05) is 19.1 Å². The van der Waals surface area contributed by atoms with Crippen molar-refractivity contribution in [3.05, 3.63) is 47.3 Å². The number of benzene rings is 1. The second-order valence-electron chi connectivity index (χ2n) is 4.46. The van der Waals surface area contributed by atoms with E-state index in [1.54, 1.807) is 13.1 Å². The van der Waals surface area contributed by atoms with Gasteiger partial charge in [-0.2, -0.15) is 0 Å². The van der Waals surface area contributed by atoms with Crippen molar-refractivity contribution in [2.75, 3.05) is 0 Å². The Hall–Kier alpha value is -1.74. The highest BCUT2D eigenvalue weighted by molar-refractivity contribution is 5.55. The molecule has 0 aliphatic carbocycles. The van der Waals surface area contributed by atoms with Gasteiger partial charge < -0.3 is 5.11 Å². The molecule has 1 atom stereocenters. The van der Waals surface area contributed by atoms with Crippen LogP contribution >= 0.6 is 0 Å². The molecule has 0 radical (unpaired) electrons. The normalized spacial score (nSPS) is 12.4. The van der Waals surface area contributed by atoms with Crippen molar-refractivity contribution in [3.8, 4) is 11.4 Å². The fourth-order valence-electron chi connectivity index (χ4n) is 1.92. The number of hydrogen-bond donors (Lipinski definition) is 1. The lowest BCUT2D eigenvalue weighted by Gasteiger charge is -2.09. The number of aryl methyl sites for hydroxylation is 2. The molecule has 0 amide bonds. The third kappa shape index (κ3) is 2.57. The summed E-state index contributed by atoms with van der Waals surface area (Å²) in [7, 11) is 0. The van der Waals surface area contributed by atoms with Crippen LogP contribution in [0.1, 0.15) is 36.8 Å². The predicted molar refractivity (Wildman–Crippen MR) is 72.2 cm³/mol. The first-order valence-electron chi connectivity index (χ1n) is 6.22. The molecule has 0 bridgehead atoms. The van der Waals surface area contributed by atoms with Gasteiger partial charge in [-0.3, -0.25) is 0 Å². The molecule has 18 heavy (non-hydrogen) atoms. The van der Waals surface area contributed by atoms with Crippen LogP contribution in [0.2, 0.25) is 0 Å². The molecule has 0 spiro atoms. The third-order valence-electron chi connectivity index (χ3n) is 3.09. The SMILES string of the molecule is CCc1ccc(-c2ncc([C@H](C)O)c(C)n2)cc1. The number of hydrogen-bond acceptors (Lipinski definition) is 3. The van der Waals surface area contributed by atoms with E-state index in [-0.39, 0.29) is 0 Å². The first kappa shape index (κ1) is 12.7. The van der Waals surface area contributed by atoms with E-state index in [9.17, 15) is 5.11 Å². The largest absolute Gasteiger partial charge is 0.389 e. The topological polar surface area (TPSA) is 46.0 Å². The Morgan fingerprint density at radius 1 is 1.22 bits per heavy atom.